The third kappa shape index (κ3) is 10.0. The van der Waals surface area contributed by atoms with Gasteiger partial charge in [-0.3, -0.25) is 0 Å². The maximum absolute atomic E-state index is 10.9. The molecule has 1 aromatic heterocycles. The predicted octanol–water partition coefficient (Wildman–Crippen LogP) is 8.89. The van der Waals surface area contributed by atoms with Crippen LogP contribution in [0.25, 0.3) is 22.4 Å². The van der Waals surface area contributed by atoms with E-state index in [1.54, 1.807) is 0 Å². The number of aromatic nitrogens is 2. The first-order chi connectivity index (χ1) is 23.5. The molecule has 3 aromatic rings. The number of aliphatic hydroxyl groups is 2. The molecule has 8 heteroatoms. The molecule has 0 saturated carbocycles. The van der Waals surface area contributed by atoms with Crippen LogP contribution in [-0.2, 0) is 20.8 Å². The first-order valence-electron chi connectivity index (χ1n) is 19.1. The summed E-state index contributed by atoms with van der Waals surface area (Å²) in [5.41, 5.74) is 5.24. The molecule has 0 radical (unpaired) electrons. The Bertz CT molecular complexity index is 1360. The SMILES string of the molecule is CCCCCCCCCCCCCCCCn1c(-c2ccc(N[C@@H]3O[C@@H]4COC(CCC)O[C@H]4[C@H](O)[C@H]3O)cc2)nc2cc(C)ccc21. The van der Waals surface area contributed by atoms with E-state index in [-0.39, 0.29) is 6.29 Å². The van der Waals surface area contributed by atoms with Gasteiger partial charge in [0.2, 0.25) is 0 Å². The molecule has 2 fully saturated rings. The third-order valence-electron chi connectivity index (χ3n) is 10.1. The molecule has 6 atom stereocenters. The number of nitrogens with one attached hydrogen (secondary N) is 1. The van der Waals surface area contributed by atoms with Crippen molar-refractivity contribution >= 4 is 16.7 Å². The number of unbranched alkanes of at least 4 members (excludes halogenated alkanes) is 13. The Kier molecular flexibility index (Phi) is 14.6. The molecule has 0 bridgehead atoms. The van der Waals surface area contributed by atoms with Crippen molar-refractivity contribution < 1.29 is 24.4 Å². The topological polar surface area (TPSA) is 98.0 Å². The minimum Gasteiger partial charge on any atom is -0.387 e. The smallest absolute Gasteiger partial charge is 0.158 e. The van der Waals surface area contributed by atoms with E-state index < -0.39 is 30.6 Å². The van der Waals surface area contributed by atoms with Crippen LogP contribution in [0, 0.1) is 6.92 Å². The number of ether oxygens (including phenoxy) is 3. The second-order valence-electron chi connectivity index (χ2n) is 14.1. The lowest BCUT2D eigenvalue weighted by Crippen LogP contribution is -2.64. The Hall–Kier alpha value is -2.49. The molecule has 1 unspecified atom stereocenters. The zero-order valence-corrected chi connectivity index (χ0v) is 29.7. The lowest BCUT2D eigenvalue weighted by Gasteiger charge is -2.46. The maximum atomic E-state index is 10.9. The number of fused-ring (bicyclic) bond motifs is 2. The number of aliphatic hydroxyl groups excluding tert-OH is 2. The number of hydrogen-bond donors (Lipinski definition) is 3. The number of benzene rings is 2. The van der Waals surface area contributed by atoms with E-state index in [9.17, 15) is 10.2 Å². The van der Waals surface area contributed by atoms with Crippen molar-refractivity contribution in [3.05, 3.63) is 48.0 Å². The highest BCUT2D eigenvalue weighted by molar-refractivity contribution is 5.81. The lowest BCUT2D eigenvalue weighted by atomic mass is 9.97. The minimum absolute atomic E-state index is 0.325. The van der Waals surface area contributed by atoms with Gasteiger partial charge in [0.25, 0.3) is 0 Å². The van der Waals surface area contributed by atoms with Crippen molar-refractivity contribution in [2.45, 2.75) is 167 Å². The number of rotatable bonds is 20. The molecule has 2 saturated heterocycles. The molecule has 266 valence electrons. The van der Waals surface area contributed by atoms with Crippen molar-refractivity contribution in [2.75, 3.05) is 11.9 Å². The minimum atomic E-state index is -1.14. The average molecular weight is 664 g/mol. The van der Waals surface area contributed by atoms with Crippen molar-refractivity contribution in [2.24, 2.45) is 0 Å². The Morgan fingerprint density at radius 2 is 1.42 bits per heavy atom. The molecular formula is C40H61N3O5. The van der Waals surface area contributed by atoms with E-state index in [4.69, 9.17) is 19.2 Å². The van der Waals surface area contributed by atoms with Gasteiger partial charge in [0.15, 0.2) is 12.5 Å². The van der Waals surface area contributed by atoms with Crippen LogP contribution < -0.4 is 5.32 Å². The van der Waals surface area contributed by atoms with Gasteiger partial charge in [0, 0.05) is 17.8 Å². The van der Waals surface area contributed by atoms with Crippen LogP contribution in [0.5, 0.6) is 0 Å². The number of aryl methyl sites for hydroxylation is 2. The Balaban J connectivity index is 1.11. The monoisotopic (exact) mass is 663 g/mol. The Morgan fingerprint density at radius 3 is 2.06 bits per heavy atom. The van der Waals surface area contributed by atoms with Crippen molar-refractivity contribution in [3.63, 3.8) is 0 Å². The molecule has 48 heavy (non-hydrogen) atoms. The number of hydrogen-bond acceptors (Lipinski definition) is 7. The fourth-order valence-corrected chi connectivity index (χ4v) is 7.20. The molecule has 5 rings (SSSR count). The molecule has 3 heterocycles. The van der Waals surface area contributed by atoms with Gasteiger partial charge in [-0.05, 0) is 61.7 Å². The summed E-state index contributed by atoms with van der Waals surface area (Å²) in [4.78, 5) is 5.08. The molecule has 0 aliphatic carbocycles. The van der Waals surface area contributed by atoms with E-state index in [2.05, 4.69) is 61.0 Å². The molecule has 0 spiro atoms. The summed E-state index contributed by atoms with van der Waals surface area (Å²) >= 11 is 0. The molecule has 2 aliphatic rings. The summed E-state index contributed by atoms with van der Waals surface area (Å²) in [5, 5.41) is 25.0. The van der Waals surface area contributed by atoms with Crippen LogP contribution in [0.3, 0.4) is 0 Å². The van der Waals surface area contributed by atoms with Crippen LogP contribution >= 0.6 is 0 Å². The van der Waals surface area contributed by atoms with Crippen LogP contribution in [-0.4, -0.2) is 63.3 Å². The van der Waals surface area contributed by atoms with Gasteiger partial charge < -0.3 is 34.3 Å². The van der Waals surface area contributed by atoms with Gasteiger partial charge in [-0.15, -0.1) is 0 Å². The summed E-state index contributed by atoms with van der Waals surface area (Å²) in [6.45, 7) is 7.72. The van der Waals surface area contributed by atoms with Gasteiger partial charge in [-0.2, -0.15) is 0 Å². The fraction of sp³-hybridized carbons (Fsp3) is 0.675. The van der Waals surface area contributed by atoms with E-state index in [0.717, 1.165) is 48.4 Å². The number of anilines is 1. The first-order valence-corrected chi connectivity index (χ1v) is 19.1. The molecule has 2 aliphatic heterocycles. The molecule has 8 nitrogen and oxygen atoms in total. The highest BCUT2D eigenvalue weighted by Gasteiger charge is 2.48. The summed E-state index contributed by atoms with van der Waals surface area (Å²) in [6, 6.07) is 14.6. The van der Waals surface area contributed by atoms with Crippen LogP contribution in [0.2, 0.25) is 0 Å². The zero-order valence-electron chi connectivity index (χ0n) is 29.7. The molecule has 0 amide bonds. The average Bonchev–Trinajstić information content (AvgIpc) is 3.45. The van der Waals surface area contributed by atoms with Crippen LogP contribution in [0.15, 0.2) is 42.5 Å². The van der Waals surface area contributed by atoms with Gasteiger partial charge in [-0.25, -0.2) is 4.98 Å². The summed E-state index contributed by atoms with van der Waals surface area (Å²) in [5.74, 6) is 0.974. The predicted molar refractivity (Wildman–Crippen MR) is 194 cm³/mol. The number of nitrogens with zero attached hydrogens (tertiary/aromatic N) is 2. The third-order valence-corrected chi connectivity index (χ3v) is 10.1. The summed E-state index contributed by atoms with van der Waals surface area (Å²) in [6.07, 6.45) is 16.2. The summed E-state index contributed by atoms with van der Waals surface area (Å²) in [7, 11) is 0. The maximum Gasteiger partial charge on any atom is 0.158 e. The zero-order chi connectivity index (χ0) is 33.7. The Labute approximate surface area is 288 Å². The molecular weight excluding hydrogens is 602 g/mol. The highest BCUT2D eigenvalue weighted by Crippen LogP contribution is 2.32. The lowest BCUT2D eigenvalue weighted by molar-refractivity contribution is -0.322. The molecule has 3 N–H and O–H groups in total. The second kappa shape index (κ2) is 19.0. The first kappa shape index (κ1) is 36.8. The van der Waals surface area contributed by atoms with Crippen molar-refractivity contribution in [1.82, 2.24) is 9.55 Å². The van der Waals surface area contributed by atoms with Crippen LogP contribution in [0.4, 0.5) is 5.69 Å². The Morgan fingerprint density at radius 1 is 0.771 bits per heavy atom. The van der Waals surface area contributed by atoms with Crippen molar-refractivity contribution in [3.8, 4) is 11.4 Å². The normalized spacial score (nSPS) is 24.2. The van der Waals surface area contributed by atoms with E-state index in [1.807, 2.05) is 12.1 Å². The van der Waals surface area contributed by atoms with E-state index in [0.29, 0.717) is 6.61 Å². The number of imidazole rings is 1. The van der Waals surface area contributed by atoms with Gasteiger partial charge in [0.1, 0.15) is 30.2 Å². The van der Waals surface area contributed by atoms with E-state index in [1.165, 1.54) is 94.6 Å². The largest absolute Gasteiger partial charge is 0.387 e. The summed E-state index contributed by atoms with van der Waals surface area (Å²) < 4.78 is 20.2. The standard InChI is InChI=1S/C40H61N3O5/c1-4-6-7-8-9-10-11-12-13-14-15-16-17-18-26-43-33-25-20-29(3)27-32(33)42-39(43)30-21-23-31(24-22-30)41-40-37(45)36(44)38-34(47-40)28-46-35(48-38)19-5-2/h20-25,27,34-38,40-41,44-45H,4-19,26,28H2,1-3H3/t34-,35?,36-,37-,38-,40-/m1/s1. The quantitative estimate of drug-likeness (QED) is 0.104. The van der Waals surface area contributed by atoms with Crippen LogP contribution in [0.1, 0.15) is 122 Å². The van der Waals surface area contributed by atoms with Gasteiger partial charge >= 0.3 is 0 Å². The van der Waals surface area contributed by atoms with Gasteiger partial charge in [-0.1, -0.05) is 110 Å². The highest BCUT2D eigenvalue weighted by atomic mass is 16.7. The van der Waals surface area contributed by atoms with Crippen molar-refractivity contribution in [1.29, 1.82) is 0 Å². The van der Waals surface area contributed by atoms with Gasteiger partial charge in [0.05, 0.1) is 17.6 Å². The van der Waals surface area contributed by atoms with E-state index >= 15 is 0 Å². The molecule has 2 aromatic carbocycles. The fourth-order valence-electron chi connectivity index (χ4n) is 7.20. The second-order valence-corrected chi connectivity index (χ2v) is 14.1.